The number of aliphatic carboxylic acids is 2. The molecule has 2 N–H and O–H groups in total. The van der Waals surface area contributed by atoms with Gasteiger partial charge in [0.05, 0.1) is 7.11 Å². The average molecular weight is 252 g/mol. The molecule has 0 aromatic heterocycles. The number of ether oxygens (including phenoxy) is 2. The highest BCUT2D eigenvalue weighted by molar-refractivity contribution is 5.86. The third-order valence-corrected chi connectivity index (χ3v) is 1.98. The molecule has 0 saturated carbocycles. The molecule has 0 aliphatic carbocycles. The predicted molar refractivity (Wildman–Crippen MR) is 62.8 cm³/mol. The van der Waals surface area contributed by atoms with E-state index in [1.54, 1.807) is 12.1 Å². The Kier molecular flexibility index (Phi) is 4.74. The number of carboxylic acid groups (broad SMARTS) is 2. The van der Waals surface area contributed by atoms with Crippen LogP contribution in [0, 0.1) is 0 Å². The van der Waals surface area contributed by atoms with Gasteiger partial charge in [0.15, 0.2) is 6.61 Å². The van der Waals surface area contributed by atoms with E-state index in [0.717, 1.165) is 6.08 Å². The van der Waals surface area contributed by atoms with E-state index in [1.165, 1.54) is 19.3 Å². The molecule has 0 fully saturated rings. The molecule has 0 aliphatic rings. The van der Waals surface area contributed by atoms with Crippen molar-refractivity contribution in [3.63, 3.8) is 0 Å². The van der Waals surface area contributed by atoms with Gasteiger partial charge < -0.3 is 19.7 Å². The highest BCUT2D eigenvalue weighted by Gasteiger charge is 2.06. The molecule has 0 aliphatic heterocycles. The lowest BCUT2D eigenvalue weighted by atomic mass is 10.1. The minimum Gasteiger partial charge on any atom is -0.497 e. The molecule has 0 saturated heterocycles. The number of hydrogen-bond donors (Lipinski definition) is 2. The van der Waals surface area contributed by atoms with Crippen LogP contribution in [-0.2, 0) is 9.59 Å². The Balaban J connectivity index is 2.99. The summed E-state index contributed by atoms with van der Waals surface area (Å²) in [5, 5.41) is 17.1. The van der Waals surface area contributed by atoms with Gasteiger partial charge in [-0.15, -0.1) is 0 Å². The lowest BCUT2D eigenvalue weighted by Gasteiger charge is -2.09. The van der Waals surface area contributed by atoms with Crippen LogP contribution in [0.1, 0.15) is 5.56 Å². The number of carboxylic acids is 2. The summed E-state index contributed by atoms with van der Waals surface area (Å²) < 4.78 is 10.0. The van der Waals surface area contributed by atoms with Gasteiger partial charge in [0.2, 0.25) is 0 Å². The van der Waals surface area contributed by atoms with Crippen molar-refractivity contribution >= 4 is 18.0 Å². The van der Waals surface area contributed by atoms with E-state index in [-0.39, 0.29) is 5.75 Å². The number of rotatable bonds is 6. The van der Waals surface area contributed by atoms with Crippen LogP contribution in [0.25, 0.3) is 6.08 Å². The summed E-state index contributed by atoms with van der Waals surface area (Å²) >= 11 is 0. The van der Waals surface area contributed by atoms with Gasteiger partial charge in [-0.1, -0.05) is 0 Å². The minimum atomic E-state index is -1.12. The molecular weight excluding hydrogens is 240 g/mol. The van der Waals surface area contributed by atoms with E-state index < -0.39 is 18.5 Å². The first-order valence-corrected chi connectivity index (χ1v) is 4.96. The van der Waals surface area contributed by atoms with E-state index in [2.05, 4.69) is 0 Å². The van der Waals surface area contributed by atoms with Crippen LogP contribution in [-0.4, -0.2) is 35.9 Å². The van der Waals surface area contributed by atoms with Crippen LogP contribution in [0.2, 0.25) is 0 Å². The van der Waals surface area contributed by atoms with E-state index in [4.69, 9.17) is 19.7 Å². The molecule has 6 nitrogen and oxygen atoms in total. The topological polar surface area (TPSA) is 93.1 Å². The first kappa shape index (κ1) is 13.6. The highest BCUT2D eigenvalue weighted by atomic mass is 16.5. The molecular formula is C12H12O6. The van der Waals surface area contributed by atoms with Gasteiger partial charge in [0, 0.05) is 17.7 Å². The quantitative estimate of drug-likeness (QED) is 0.740. The van der Waals surface area contributed by atoms with Crippen molar-refractivity contribution in [2.45, 2.75) is 0 Å². The van der Waals surface area contributed by atoms with Crippen LogP contribution in [0.5, 0.6) is 11.5 Å². The van der Waals surface area contributed by atoms with Gasteiger partial charge in [-0.05, 0) is 18.2 Å². The lowest BCUT2D eigenvalue weighted by Crippen LogP contribution is -2.10. The van der Waals surface area contributed by atoms with Crippen LogP contribution in [0.3, 0.4) is 0 Å². The fraction of sp³-hybridized carbons (Fsp3) is 0.167. The maximum absolute atomic E-state index is 10.4. The van der Waals surface area contributed by atoms with Crippen LogP contribution in [0.15, 0.2) is 24.3 Å². The van der Waals surface area contributed by atoms with Crippen molar-refractivity contribution in [1.82, 2.24) is 0 Å². The highest BCUT2D eigenvalue weighted by Crippen LogP contribution is 2.25. The molecule has 0 spiro atoms. The van der Waals surface area contributed by atoms with Gasteiger partial charge in [0.25, 0.3) is 0 Å². The summed E-state index contributed by atoms with van der Waals surface area (Å²) in [6.45, 7) is -0.513. The second-order valence-corrected chi connectivity index (χ2v) is 3.26. The summed E-state index contributed by atoms with van der Waals surface area (Å²) in [4.78, 5) is 20.9. The summed E-state index contributed by atoms with van der Waals surface area (Å²) in [6.07, 6.45) is 2.26. The van der Waals surface area contributed by atoms with E-state index in [1.807, 2.05) is 0 Å². The fourth-order valence-electron chi connectivity index (χ4n) is 1.20. The SMILES string of the molecule is COc1ccc(/C=C/C(=O)O)c(OCC(=O)O)c1. The second kappa shape index (κ2) is 6.29. The largest absolute Gasteiger partial charge is 0.497 e. The van der Waals surface area contributed by atoms with Crippen molar-refractivity contribution in [2.24, 2.45) is 0 Å². The number of hydrogen-bond acceptors (Lipinski definition) is 4. The molecule has 0 bridgehead atoms. The zero-order valence-electron chi connectivity index (χ0n) is 9.62. The smallest absolute Gasteiger partial charge is 0.341 e. The molecule has 0 amide bonds. The average Bonchev–Trinajstić information content (AvgIpc) is 2.34. The summed E-state index contributed by atoms with van der Waals surface area (Å²) in [6, 6.07) is 4.69. The van der Waals surface area contributed by atoms with E-state index in [9.17, 15) is 9.59 Å². The molecule has 0 radical (unpaired) electrons. The molecule has 0 unspecified atom stereocenters. The van der Waals surface area contributed by atoms with Crippen molar-refractivity contribution in [1.29, 1.82) is 0 Å². The molecule has 1 rings (SSSR count). The third-order valence-electron chi connectivity index (χ3n) is 1.98. The number of methoxy groups -OCH3 is 1. The van der Waals surface area contributed by atoms with Crippen LogP contribution >= 0.6 is 0 Å². The van der Waals surface area contributed by atoms with Gasteiger partial charge in [-0.3, -0.25) is 0 Å². The molecule has 0 atom stereocenters. The van der Waals surface area contributed by atoms with Crippen molar-refractivity contribution in [2.75, 3.05) is 13.7 Å². The second-order valence-electron chi connectivity index (χ2n) is 3.26. The summed E-state index contributed by atoms with van der Waals surface area (Å²) in [5.74, 6) is -1.49. The maximum Gasteiger partial charge on any atom is 0.341 e. The molecule has 0 heterocycles. The Morgan fingerprint density at radius 1 is 1.33 bits per heavy atom. The Hall–Kier alpha value is -2.50. The third kappa shape index (κ3) is 4.17. The van der Waals surface area contributed by atoms with Crippen molar-refractivity contribution in [3.05, 3.63) is 29.8 Å². The fourth-order valence-corrected chi connectivity index (χ4v) is 1.20. The maximum atomic E-state index is 10.4. The van der Waals surface area contributed by atoms with Crippen LogP contribution < -0.4 is 9.47 Å². The van der Waals surface area contributed by atoms with Crippen LogP contribution in [0.4, 0.5) is 0 Å². The zero-order valence-corrected chi connectivity index (χ0v) is 9.62. The molecule has 1 aromatic carbocycles. The standard InChI is InChI=1S/C12H12O6/c1-17-9-4-2-8(3-5-11(13)14)10(6-9)18-7-12(15)16/h2-6H,7H2,1H3,(H,13,14)(H,15,16)/b5-3+. The first-order chi connectivity index (χ1) is 8.52. The van der Waals surface area contributed by atoms with Gasteiger partial charge in [-0.25, -0.2) is 9.59 Å². The Bertz CT molecular complexity index is 477. The van der Waals surface area contributed by atoms with E-state index in [0.29, 0.717) is 11.3 Å². The van der Waals surface area contributed by atoms with Crippen molar-refractivity contribution in [3.8, 4) is 11.5 Å². The minimum absolute atomic E-state index is 0.245. The van der Waals surface area contributed by atoms with Gasteiger partial charge >= 0.3 is 11.9 Å². The Morgan fingerprint density at radius 2 is 2.06 bits per heavy atom. The van der Waals surface area contributed by atoms with Gasteiger partial charge in [-0.2, -0.15) is 0 Å². The van der Waals surface area contributed by atoms with Gasteiger partial charge in [0.1, 0.15) is 11.5 Å². The summed E-state index contributed by atoms with van der Waals surface area (Å²) in [5.41, 5.74) is 0.458. The number of benzene rings is 1. The zero-order chi connectivity index (χ0) is 13.5. The number of carbonyl (C=O) groups is 2. The predicted octanol–water partition coefficient (Wildman–Crippen LogP) is 1.26. The van der Waals surface area contributed by atoms with Crippen molar-refractivity contribution < 1.29 is 29.3 Å². The van der Waals surface area contributed by atoms with E-state index >= 15 is 0 Å². The Morgan fingerprint density at radius 3 is 2.61 bits per heavy atom. The molecule has 6 heteroatoms. The first-order valence-electron chi connectivity index (χ1n) is 4.96. The molecule has 1 aromatic rings. The lowest BCUT2D eigenvalue weighted by molar-refractivity contribution is -0.139. The Labute approximate surface area is 103 Å². The molecule has 18 heavy (non-hydrogen) atoms. The monoisotopic (exact) mass is 252 g/mol. The molecule has 96 valence electrons. The summed E-state index contributed by atoms with van der Waals surface area (Å²) in [7, 11) is 1.46. The normalized spacial score (nSPS) is 10.3.